The minimum Gasteiger partial charge on any atom is -0.454 e. The summed E-state index contributed by atoms with van der Waals surface area (Å²) in [5.74, 6) is 0.688. The second-order valence-electron chi connectivity index (χ2n) is 4.91. The van der Waals surface area contributed by atoms with Crippen LogP contribution in [0.15, 0.2) is 36.4 Å². The third-order valence-corrected chi connectivity index (χ3v) is 4.03. The molecule has 3 rings (SSSR count). The molecule has 0 saturated carbocycles. The second-order valence-corrected chi connectivity index (χ2v) is 5.72. The van der Waals surface area contributed by atoms with Gasteiger partial charge >= 0.3 is 0 Å². The lowest BCUT2D eigenvalue weighted by molar-refractivity contribution is 0.0939. The second kappa shape index (κ2) is 6.07. The SMILES string of the molecule is CC(NC(=O)c1cc(Cl)c2c(c1)OCO2)c1ccccc1Cl. The summed E-state index contributed by atoms with van der Waals surface area (Å²) >= 11 is 12.2. The van der Waals surface area contributed by atoms with Crippen LogP contribution < -0.4 is 14.8 Å². The monoisotopic (exact) mass is 337 g/mol. The van der Waals surface area contributed by atoms with Crippen molar-refractivity contribution >= 4 is 29.1 Å². The van der Waals surface area contributed by atoms with Crippen molar-refractivity contribution in [2.75, 3.05) is 6.79 Å². The van der Waals surface area contributed by atoms with Gasteiger partial charge in [-0.05, 0) is 30.7 Å². The average Bonchev–Trinajstić information content (AvgIpc) is 2.96. The Kier molecular flexibility index (Phi) is 4.14. The number of rotatable bonds is 3. The minimum absolute atomic E-state index is 0.107. The van der Waals surface area contributed by atoms with Crippen LogP contribution in [0.5, 0.6) is 11.5 Å². The summed E-state index contributed by atoms with van der Waals surface area (Å²) in [6.07, 6.45) is 0. The molecule has 1 amide bonds. The molecule has 1 aliphatic heterocycles. The van der Waals surface area contributed by atoms with E-state index in [4.69, 9.17) is 32.7 Å². The zero-order valence-corrected chi connectivity index (χ0v) is 13.2. The van der Waals surface area contributed by atoms with Crippen molar-refractivity contribution in [3.63, 3.8) is 0 Å². The van der Waals surface area contributed by atoms with Gasteiger partial charge in [0.15, 0.2) is 11.5 Å². The number of benzene rings is 2. The standard InChI is InChI=1S/C16H13Cl2NO3/c1-9(11-4-2-3-5-12(11)17)19-16(20)10-6-13(18)15-14(7-10)21-8-22-15/h2-7,9H,8H2,1H3,(H,19,20). The normalized spacial score (nSPS) is 13.8. The smallest absolute Gasteiger partial charge is 0.251 e. The van der Waals surface area contributed by atoms with Crippen LogP contribution in [-0.2, 0) is 0 Å². The van der Waals surface area contributed by atoms with Crippen molar-refractivity contribution in [1.82, 2.24) is 5.32 Å². The number of nitrogens with one attached hydrogen (secondary N) is 1. The summed E-state index contributed by atoms with van der Waals surface area (Å²) in [5.41, 5.74) is 1.26. The van der Waals surface area contributed by atoms with Crippen LogP contribution in [0, 0.1) is 0 Å². The first-order valence-corrected chi connectivity index (χ1v) is 7.46. The number of carbonyl (C=O) groups excluding carboxylic acids is 1. The molecule has 0 saturated heterocycles. The van der Waals surface area contributed by atoms with E-state index in [0.717, 1.165) is 5.56 Å². The van der Waals surface area contributed by atoms with E-state index in [9.17, 15) is 4.79 Å². The number of hydrogen-bond donors (Lipinski definition) is 1. The predicted octanol–water partition coefficient (Wildman–Crippen LogP) is 4.21. The quantitative estimate of drug-likeness (QED) is 0.912. The van der Waals surface area contributed by atoms with Crippen molar-refractivity contribution in [3.05, 3.63) is 57.6 Å². The molecule has 1 heterocycles. The van der Waals surface area contributed by atoms with Gasteiger partial charge in [-0.3, -0.25) is 4.79 Å². The van der Waals surface area contributed by atoms with E-state index in [2.05, 4.69) is 5.32 Å². The van der Waals surface area contributed by atoms with Crippen LogP contribution in [-0.4, -0.2) is 12.7 Å². The molecule has 0 aromatic heterocycles. The number of halogens is 2. The van der Waals surface area contributed by atoms with Gasteiger partial charge in [-0.25, -0.2) is 0 Å². The van der Waals surface area contributed by atoms with Crippen molar-refractivity contribution in [2.24, 2.45) is 0 Å². The molecule has 1 unspecified atom stereocenters. The Bertz CT molecular complexity index is 733. The van der Waals surface area contributed by atoms with Crippen LogP contribution in [0.3, 0.4) is 0 Å². The fraction of sp³-hybridized carbons (Fsp3) is 0.188. The molecular formula is C16H13Cl2NO3. The van der Waals surface area contributed by atoms with Crippen LogP contribution in [0.1, 0.15) is 28.9 Å². The zero-order chi connectivity index (χ0) is 15.7. The number of carbonyl (C=O) groups is 1. The Morgan fingerprint density at radius 3 is 2.73 bits per heavy atom. The van der Waals surface area contributed by atoms with Gasteiger partial charge in [0.1, 0.15) is 0 Å². The Morgan fingerprint density at radius 2 is 1.95 bits per heavy atom. The van der Waals surface area contributed by atoms with E-state index in [1.165, 1.54) is 0 Å². The van der Waals surface area contributed by atoms with Crippen molar-refractivity contribution in [1.29, 1.82) is 0 Å². The third-order valence-electron chi connectivity index (χ3n) is 3.41. The van der Waals surface area contributed by atoms with E-state index < -0.39 is 0 Å². The first kappa shape index (κ1) is 15.0. The van der Waals surface area contributed by atoms with Gasteiger partial charge in [-0.15, -0.1) is 0 Å². The fourth-order valence-corrected chi connectivity index (χ4v) is 2.85. The van der Waals surface area contributed by atoms with Crippen LogP contribution >= 0.6 is 23.2 Å². The Balaban J connectivity index is 1.80. The average molecular weight is 338 g/mol. The molecule has 0 fully saturated rings. The predicted molar refractivity (Wildman–Crippen MR) is 84.9 cm³/mol. The molecule has 6 heteroatoms. The number of fused-ring (bicyclic) bond motifs is 1. The summed E-state index contributed by atoms with van der Waals surface area (Å²) in [6, 6.07) is 10.3. The molecule has 0 spiro atoms. The molecule has 1 aliphatic rings. The maximum absolute atomic E-state index is 12.4. The Labute approximate surface area is 137 Å². The largest absolute Gasteiger partial charge is 0.454 e. The van der Waals surface area contributed by atoms with Gasteiger partial charge in [0.25, 0.3) is 5.91 Å². The summed E-state index contributed by atoms with van der Waals surface area (Å²) in [4.78, 5) is 12.4. The summed E-state index contributed by atoms with van der Waals surface area (Å²) in [6.45, 7) is 1.98. The highest BCUT2D eigenvalue weighted by atomic mass is 35.5. The van der Waals surface area contributed by atoms with Crippen molar-refractivity contribution in [2.45, 2.75) is 13.0 Å². The first-order chi connectivity index (χ1) is 10.6. The summed E-state index contributed by atoms with van der Waals surface area (Å²) < 4.78 is 10.5. The number of hydrogen-bond acceptors (Lipinski definition) is 3. The van der Waals surface area contributed by atoms with E-state index >= 15 is 0 Å². The molecule has 0 radical (unpaired) electrons. The van der Waals surface area contributed by atoms with Gasteiger partial charge < -0.3 is 14.8 Å². The molecule has 0 aliphatic carbocycles. The number of ether oxygens (including phenoxy) is 2. The molecule has 2 aromatic carbocycles. The topological polar surface area (TPSA) is 47.6 Å². The molecule has 0 bridgehead atoms. The molecule has 22 heavy (non-hydrogen) atoms. The molecule has 1 atom stereocenters. The molecular weight excluding hydrogens is 325 g/mol. The summed E-state index contributed by atoms with van der Waals surface area (Å²) in [5, 5.41) is 3.86. The van der Waals surface area contributed by atoms with Crippen molar-refractivity contribution in [3.8, 4) is 11.5 Å². The van der Waals surface area contributed by atoms with Gasteiger partial charge in [-0.1, -0.05) is 41.4 Å². The van der Waals surface area contributed by atoms with Crippen LogP contribution in [0.2, 0.25) is 10.0 Å². The van der Waals surface area contributed by atoms with Crippen LogP contribution in [0.4, 0.5) is 0 Å². The van der Waals surface area contributed by atoms with E-state index in [1.54, 1.807) is 18.2 Å². The van der Waals surface area contributed by atoms with Crippen molar-refractivity contribution < 1.29 is 14.3 Å². The Hall–Kier alpha value is -1.91. The van der Waals surface area contributed by atoms with Gasteiger partial charge in [-0.2, -0.15) is 0 Å². The molecule has 4 nitrogen and oxygen atoms in total. The van der Waals surface area contributed by atoms with Gasteiger partial charge in [0.05, 0.1) is 11.1 Å². The fourth-order valence-electron chi connectivity index (χ4n) is 2.28. The van der Waals surface area contributed by atoms with E-state index in [-0.39, 0.29) is 18.7 Å². The zero-order valence-electron chi connectivity index (χ0n) is 11.7. The molecule has 1 N–H and O–H groups in total. The van der Waals surface area contributed by atoms with E-state index in [1.807, 2.05) is 25.1 Å². The van der Waals surface area contributed by atoms with E-state index in [0.29, 0.717) is 27.1 Å². The Morgan fingerprint density at radius 1 is 1.18 bits per heavy atom. The van der Waals surface area contributed by atoms with Gasteiger partial charge in [0, 0.05) is 10.6 Å². The maximum Gasteiger partial charge on any atom is 0.251 e. The highest BCUT2D eigenvalue weighted by molar-refractivity contribution is 6.32. The highest BCUT2D eigenvalue weighted by Gasteiger charge is 2.21. The first-order valence-electron chi connectivity index (χ1n) is 6.70. The maximum atomic E-state index is 12.4. The lowest BCUT2D eigenvalue weighted by atomic mass is 10.1. The lowest BCUT2D eigenvalue weighted by Crippen LogP contribution is -2.26. The summed E-state index contributed by atoms with van der Waals surface area (Å²) in [7, 11) is 0. The number of amides is 1. The van der Waals surface area contributed by atoms with Crippen LogP contribution in [0.25, 0.3) is 0 Å². The van der Waals surface area contributed by atoms with Gasteiger partial charge in [0.2, 0.25) is 6.79 Å². The molecule has 2 aromatic rings. The lowest BCUT2D eigenvalue weighted by Gasteiger charge is -2.16. The third kappa shape index (κ3) is 2.85. The highest BCUT2D eigenvalue weighted by Crippen LogP contribution is 2.39. The molecule has 114 valence electrons. The minimum atomic E-state index is -0.257.